The Labute approximate surface area is 160 Å². The van der Waals surface area contributed by atoms with Crippen molar-refractivity contribution in [2.45, 2.75) is 72.0 Å². The van der Waals surface area contributed by atoms with Gasteiger partial charge in [0, 0.05) is 19.0 Å². The van der Waals surface area contributed by atoms with Gasteiger partial charge in [0.2, 0.25) is 11.8 Å². The van der Waals surface area contributed by atoms with Crippen molar-refractivity contribution in [2.24, 2.45) is 0 Å². The minimum atomic E-state index is -0.498. The third-order valence-corrected chi connectivity index (χ3v) is 4.93. The molecule has 0 saturated carbocycles. The van der Waals surface area contributed by atoms with Crippen molar-refractivity contribution in [1.29, 1.82) is 0 Å². The van der Waals surface area contributed by atoms with E-state index in [1.807, 2.05) is 33.8 Å². The zero-order valence-corrected chi connectivity index (χ0v) is 17.0. The second-order valence-corrected chi connectivity index (χ2v) is 7.08. The zero-order valence-electron chi connectivity index (χ0n) is 15.4. The number of nitrogens with zero attached hydrogens (tertiary/aromatic N) is 1. The maximum absolute atomic E-state index is 12.7. The van der Waals surface area contributed by atoms with E-state index in [9.17, 15) is 9.59 Å². The van der Waals surface area contributed by atoms with E-state index in [-0.39, 0.29) is 17.9 Å². The van der Waals surface area contributed by atoms with Crippen LogP contribution in [0.1, 0.15) is 58.9 Å². The lowest BCUT2D eigenvalue weighted by atomic mass is 10.1. The van der Waals surface area contributed by atoms with Crippen LogP contribution in [0.2, 0.25) is 10.0 Å². The molecule has 1 rings (SSSR count). The Balaban J connectivity index is 3.05. The van der Waals surface area contributed by atoms with Crippen LogP contribution in [0.5, 0.6) is 0 Å². The van der Waals surface area contributed by atoms with Gasteiger partial charge in [-0.2, -0.15) is 0 Å². The van der Waals surface area contributed by atoms with Crippen molar-refractivity contribution in [3.05, 3.63) is 33.8 Å². The van der Waals surface area contributed by atoms with E-state index in [0.29, 0.717) is 29.4 Å². The summed E-state index contributed by atoms with van der Waals surface area (Å²) in [6, 6.07) is 4.87. The van der Waals surface area contributed by atoms with Crippen LogP contribution in [0.15, 0.2) is 18.2 Å². The molecule has 0 saturated heterocycles. The van der Waals surface area contributed by atoms with Gasteiger partial charge < -0.3 is 10.2 Å². The maximum atomic E-state index is 12.7. The SMILES string of the molecule is CCCC(=O)N(Cc1ccc(Cl)c(Cl)c1)[C@@H](CC)C(=O)N[C@H](C)CC. The number of nitrogens with one attached hydrogen (secondary N) is 1. The van der Waals surface area contributed by atoms with E-state index in [4.69, 9.17) is 23.2 Å². The molecule has 2 amide bonds. The monoisotopic (exact) mass is 386 g/mol. The van der Waals surface area contributed by atoms with Gasteiger partial charge >= 0.3 is 0 Å². The van der Waals surface area contributed by atoms with Gasteiger partial charge in [-0.1, -0.05) is 50.0 Å². The molecular formula is C19H28Cl2N2O2. The summed E-state index contributed by atoms with van der Waals surface area (Å²) in [5, 5.41) is 3.90. The minimum absolute atomic E-state index is 0.0280. The smallest absolute Gasteiger partial charge is 0.243 e. The molecule has 1 aromatic carbocycles. The van der Waals surface area contributed by atoms with E-state index >= 15 is 0 Å². The zero-order chi connectivity index (χ0) is 19.0. The van der Waals surface area contributed by atoms with Crippen molar-refractivity contribution in [1.82, 2.24) is 10.2 Å². The molecule has 4 nitrogen and oxygen atoms in total. The van der Waals surface area contributed by atoms with Gasteiger partial charge in [0.15, 0.2) is 0 Å². The van der Waals surface area contributed by atoms with E-state index < -0.39 is 6.04 Å². The molecule has 0 aliphatic carbocycles. The van der Waals surface area contributed by atoms with E-state index in [0.717, 1.165) is 18.4 Å². The van der Waals surface area contributed by atoms with Crippen LogP contribution >= 0.6 is 23.2 Å². The molecule has 0 aromatic heterocycles. The fourth-order valence-corrected chi connectivity index (χ4v) is 2.87. The van der Waals surface area contributed by atoms with Gasteiger partial charge in [0.05, 0.1) is 10.0 Å². The van der Waals surface area contributed by atoms with Crippen LogP contribution in [-0.2, 0) is 16.1 Å². The summed E-state index contributed by atoms with van der Waals surface area (Å²) in [6.45, 7) is 8.18. The van der Waals surface area contributed by atoms with Crippen molar-refractivity contribution < 1.29 is 9.59 Å². The summed E-state index contributed by atoms with van der Waals surface area (Å²) < 4.78 is 0. The number of amides is 2. The van der Waals surface area contributed by atoms with Gasteiger partial charge in [-0.05, 0) is 43.9 Å². The molecule has 6 heteroatoms. The molecule has 0 unspecified atom stereocenters. The van der Waals surface area contributed by atoms with E-state index in [1.165, 1.54) is 0 Å². The minimum Gasteiger partial charge on any atom is -0.352 e. The van der Waals surface area contributed by atoms with Crippen LogP contribution in [0, 0.1) is 0 Å². The van der Waals surface area contributed by atoms with Crippen LogP contribution in [-0.4, -0.2) is 28.8 Å². The molecule has 0 fully saturated rings. The summed E-state index contributed by atoms with van der Waals surface area (Å²) in [5.74, 6) is -0.138. The molecule has 0 bridgehead atoms. The molecule has 0 radical (unpaired) electrons. The lowest BCUT2D eigenvalue weighted by Gasteiger charge is -2.31. The van der Waals surface area contributed by atoms with Crippen LogP contribution in [0.4, 0.5) is 0 Å². The number of carbonyl (C=O) groups is 2. The molecule has 0 spiro atoms. The first kappa shape index (κ1) is 21.8. The van der Waals surface area contributed by atoms with E-state index in [2.05, 4.69) is 5.32 Å². The van der Waals surface area contributed by atoms with Gasteiger partial charge in [-0.25, -0.2) is 0 Å². The molecular weight excluding hydrogens is 359 g/mol. The maximum Gasteiger partial charge on any atom is 0.243 e. The third-order valence-electron chi connectivity index (χ3n) is 4.19. The number of halogens is 2. The van der Waals surface area contributed by atoms with Crippen molar-refractivity contribution in [3.63, 3.8) is 0 Å². The Morgan fingerprint density at radius 3 is 2.32 bits per heavy atom. The van der Waals surface area contributed by atoms with Crippen LogP contribution < -0.4 is 5.32 Å². The topological polar surface area (TPSA) is 49.4 Å². The first-order valence-electron chi connectivity index (χ1n) is 8.87. The first-order chi connectivity index (χ1) is 11.8. The highest BCUT2D eigenvalue weighted by atomic mass is 35.5. The third kappa shape index (κ3) is 6.52. The second-order valence-electron chi connectivity index (χ2n) is 6.26. The Hall–Kier alpha value is -1.26. The van der Waals surface area contributed by atoms with Gasteiger partial charge in [-0.3, -0.25) is 9.59 Å². The molecule has 2 atom stereocenters. The summed E-state index contributed by atoms with van der Waals surface area (Å²) in [4.78, 5) is 27.0. The fraction of sp³-hybridized carbons (Fsp3) is 0.579. The highest BCUT2D eigenvalue weighted by Gasteiger charge is 2.28. The van der Waals surface area contributed by atoms with E-state index in [1.54, 1.807) is 17.0 Å². The number of hydrogen-bond donors (Lipinski definition) is 1. The lowest BCUT2D eigenvalue weighted by Crippen LogP contribution is -2.50. The lowest BCUT2D eigenvalue weighted by molar-refractivity contribution is -0.141. The number of rotatable bonds is 9. The molecule has 25 heavy (non-hydrogen) atoms. The van der Waals surface area contributed by atoms with Gasteiger partial charge in [0.1, 0.15) is 6.04 Å². The fourth-order valence-electron chi connectivity index (χ4n) is 2.55. The molecule has 0 aliphatic rings. The highest BCUT2D eigenvalue weighted by Crippen LogP contribution is 2.24. The number of hydrogen-bond acceptors (Lipinski definition) is 2. The standard InChI is InChI=1S/C19H28Cl2N2O2/c1-5-8-18(24)23(12-14-9-10-15(20)16(21)11-14)17(7-3)19(25)22-13(4)6-2/h9-11,13,17H,5-8,12H2,1-4H3,(H,22,25)/t13-,17+/m1/s1. The average Bonchev–Trinajstić information content (AvgIpc) is 2.57. The highest BCUT2D eigenvalue weighted by molar-refractivity contribution is 6.42. The van der Waals surface area contributed by atoms with Gasteiger partial charge in [-0.15, -0.1) is 0 Å². The number of carbonyl (C=O) groups excluding carboxylic acids is 2. The molecule has 0 heterocycles. The molecule has 140 valence electrons. The number of benzene rings is 1. The van der Waals surface area contributed by atoms with Crippen LogP contribution in [0.25, 0.3) is 0 Å². The Kier molecular flexibility index (Phi) is 9.30. The van der Waals surface area contributed by atoms with Gasteiger partial charge in [0.25, 0.3) is 0 Å². The average molecular weight is 387 g/mol. The largest absolute Gasteiger partial charge is 0.352 e. The summed E-state index contributed by atoms with van der Waals surface area (Å²) in [6.07, 6.45) is 2.55. The predicted molar refractivity (Wildman–Crippen MR) is 104 cm³/mol. The van der Waals surface area contributed by atoms with Crippen LogP contribution in [0.3, 0.4) is 0 Å². The Bertz CT molecular complexity index is 593. The predicted octanol–water partition coefficient (Wildman–Crippen LogP) is 4.82. The summed E-state index contributed by atoms with van der Waals surface area (Å²) in [7, 11) is 0. The Morgan fingerprint density at radius 2 is 1.80 bits per heavy atom. The van der Waals surface area contributed by atoms with Crippen molar-refractivity contribution in [2.75, 3.05) is 0 Å². The second kappa shape index (κ2) is 10.7. The molecule has 1 N–H and O–H groups in total. The Morgan fingerprint density at radius 1 is 1.12 bits per heavy atom. The first-order valence-corrected chi connectivity index (χ1v) is 9.63. The normalized spacial score (nSPS) is 13.2. The van der Waals surface area contributed by atoms with Crippen molar-refractivity contribution >= 4 is 35.0 Å². The molecule has 1 aromatic rings. The molecule has 0 aliphatic heterocycles. The quantitative estimate of drug-likeness (QED) is 0.661. The summed E-state index contributed by atoms with van der Waals surface area (Å²) in [5.41, 5.74) is 0.855. The van der Waals surface area contributed by atoms with Crippen molar-refractivity contribution in [3.8, 4) is 0 Å². The summed E-state index contributed by atoms with van der Waals surface area (Å²) >= 11 is 12.1.